The highest BCUT2D eigenvalue weighted by atomic mass is 19.4. The Hall–Kier alpha value is -3.89. The summed E-state index contributed by atoms with van der Waals surface area (Å²) < 4.78 is 47.1. The molecule has 0 spiro atoms. The molecule has 4 aromatic rings. The second-order valence-electron chi connectivity index (χ2n) is 6.12. The van der Waals surface area contributed by atoms with Crippen molar-refractivity contribution in [2.45, 2.75) is 13.1 Å². The molecule has 0 bridgehead atoms. The van der Waals surface area contributed by atoms with Crippen LogP contribution in [0.3, 0.4) is 0 Å². The summed E-state index contributed by atoms with van der Waals surface area (Å²) in [5, 5.41) is 0.0274. The van der Waals surface area contributed by atoms with Crippen LogP contribution in [0.2, 0.25) is 0 Å². The lowest BCUT2D eigenvalue weighted by Gasteiger charge is -2.16. The normalized spacial score (nSPS) is 11.9. The van der Waals surface area contributed by atoms with Gasteiger partial charge in [-0.25, -0.2) is 9.97 Å². The molecule has 0 saturated heterocycles. The quantitative estimate of drug-likeness (QED) is 0.516. The van der Waals surface area contributed by atoms with Crippen LogP contribution >= 0.6 is 0 Å². The van der Waals surface area contributed by atoms with Gasteiger partial charge in [0.05, 0.1) is 11.4 Å². The van der Waals surface area contributed by atoms with E-state index in [1.165, 1.54) is 18.5 Å². The summed E-state index contributed by atoms with van der Waals surface area (Å²) in [4.78, 5) is 32.2. The zero-order valence-electron chi connectivity index (χ0n) is 14.8. The van der Waals surface area contributed by atoms with E-state index in [-0.39, 0.29) is 22.4 Å². The topological polar surface area (TPSA) is 105 Å². The van der Waals surface area contributed by atoms with Gasteiger partial charge >= 0.3 is 17.7 Å². The lowest BCUT2D eigenvalue weighted by molar-refractivity contribution is -0.141. The van der Waals surface area contributed by atoms with Crippen molar-refractivity contribution in [2.24, 2.45) is 0 Å². The van der Waals surface area contributed by atoms with Crippen LogP contribution in [-0.4, -0.2) is 24.9 Å². The molecule has 0 fully saturated rings. The first-order chi connectivity index (χ1) is 13.7. The minimum Gasteiger partial charge on any atom is -0.419 e. The number of fused-ring (bicyclic) bond motifs is 2. The molecule has 4 rings (SSSR count). The molecule has 0 aliphatic carbocycles. The Morgan fingerprint density at radius 3 is 2.66 bits per heavy atom. The standard InChI is InChI=1S/C18H12F3N5O3/c1-9(27)29-15-14(22)11-3-4-12(18(19,20)21)24-16(11)26(17(15)28)10-2-5-13-23-6-7-25(13)8-10/h2-8H,22H2,1H3. The molecule has 4 heterocycles. The molecule has 0 unspecified atom stereocenters. The minimum atomic E-state index is -4.73. The lowest BCUT2D eigenvalue weighted by atomic mass is 10.2. The van der Waals surface area contributed by atoms with Crippen LogP contribution in [0.1, 0.15) is 12.6 Å². The Bertz CT molecular complexity index is 1340. The van der Waals surface area contributed by atoms with Crippen molar-refractivity contribution < 1.29 is 22.7 Å². The highest BCUT2D eigenvalue weighted by Crippen LogP contribution is 2.33. The van der Waals surface area contributed by atoms with Crippen LogP contribution in [0, 0.1) is 0 Å². The maximum absolute atomic E-state index is 13.2. The molecule has 0 aromatic carbocycles. The molecule has 148 valence electrons. The number of alkyl halides is 3. The van der Waals surface area contributed by atoms with E-state index in [2.05, 4.69) is 9.97 Å². The van der Waals surface area contributed by atoms with Crippen molar-refractivity contribution in [3.05, 3.63) is 58.9 Å². The van der Waals surface area contributed by atoms with Crippen molar-refractivity contribution in [1.29, 1.82) is 0 Å². The second-order valence-corrected chi connectivity index (χ2v) is 6.12. The Labute approximate surface area is 160 Å². The van der Waals surface area contributed by atoms with Crippen molar-refractivity contribution in [3.63, 3.8) is 0 Å². The molecule has 8 nitrogen and oxygen atoms in total. The van der Waals surface area contributed by atoms with Gasteiger partial charge in [0, 0.05) is 30.9 Å². The zero-order valence-corrected chi connectivity index (χ0v) is 14.8. The second kappa shape index (κ2) is 6.33. The van der Waals surface area contributed by atoms with Crippen LogP contribution in [0.15, 0.2) is 47.7 Å². The number of nitrogens with two attached hydrogens (primary N) is 1. The average molecular weight is 403 g/mol. The number of esters is 1. The van der Waals surface area contributed by atoms with Gasteiger partial charge in [-0.05, 0) is 24.3 Å². The van der Waals surface area contributed by atoms with Gasteiger partial charge < -0.3 is 14.9 Å². The van der Waals surface area contributed by atoms with E-state index in [1.54, 1.807) is 16.7 Å². The fourth-order valence-corrected chi connectivity index (χ4v) is 2.94. The van der Waals surface area contributed by atoms with Gasteiger partial charge in [-0.2, -0.15) is 13.2 Å². The number of rotatable bonds is 2. The number of carbonyl (C=O) groups excluding carboxylic acids is 1. The minimum absolute atomic E-state index is 0.0274. The fraction of sp³-hybridized carbons (Fsp3) is 0.111. The van der Waals surface area contributed by atoms with E-state index in [0.717, 1.165) is 23.6 Å². The number of hydrogen-bond acceptors (Lipinski definition) is 6. The fourth-order valence-electron chi connectivity index (χ4n) is 2.94. The molecule has 0 aliphatic heterocycles. The Balaban J connectivity index is 2.13. The molecule has 0 aliphatic rings. The third-order valence-electron chi connectivity index (χ3n) is 4.19. The van der Waals surface area contributed by atoms with Crippen molar-refractivity contribution in [2.75, 3.05) is 5.73 Å². The molecule has 11 heteroatoms. The van der Waals surface area contributed by atoms with Gasteiger partial charge in [0.2, 0.25) is 5.75 Å². The number of anilines is 1. The highest BCUT2D eigenvalue weighted by molar-refractivity contribution is 5.93. The average Bonchev–Trinajstić information content (AvgIpc) is 3.12. The number of nitrogens with zero attached hydrogens (tertiary/aromatic N) is 4. The third-order valence-corrected chi connectivity index (χ3v) is 4.19. The largest absolute Gasteiger partial charge is 0.433 e. The van der Waals surface area contributed by atoms with Gasteiger partial charge in [0.25, 0.3) is 0 Å². The first-order valence-electron chi connectivity index (χ1n) is 8.21. The third kappa shape index (κ3) is 3.06. The van der Waals surface area contributed by atoms with E-state index in [0.29, 0.717) is 5.65 Å². The smallest absolute Gasteiger partial charge is 0.419 e. The first kappa shape index (κ1) is 18.5. The molecule has 0 radical (unpaired) electrons. The number of hydrogen-bond donors (Lipinski definition) is 1. The number of imidazole rings is 1. The van der Waals surface area contributed by atoms with Gasteiger partial charge in [0.15, 0.2) is 0 Å². The highest BCUT2D eigenvalue weighted by Gasteiger charge is 2.33. The number of carbonyl (C=O) groups is 1. The Morgan fingerprint density at radius 2 is 1.97 bits per heavy atom. The number of nitrogen functional groups attached to an aromatic ring is 1. The lowest BCUT2D eigenvalue weighted by Crippen LogP contribution is -2.25. The van der Waals surface area contributed by atoms with Crippen LogP contribution in [0.4, 0.5) is 18.9 Å². The summed E-state index contributed by atoms with van der Waals surface area (Å²) in [5.41, 5.74) is 3.96. The Kier molecular flexibility index (Phi) is 4.03. The van der Waals surface area contributed by atoms with Gasteiger partial charge in [-0.1, -0.05) is 0 Å². The molecule has 4 aromatic heterocycles. The molecular formula is C18H12F3N5O3. The predicted octanol–water partition coefficient (Wildman–Crippen LogP) is 2.56. The van der Waals surface area contributed by atoms with E-state index >= 15 is 0 Å². The molecule has 2 N–H and O–H groups in total. The van der Waals surface area contributed by atoms with Crippen LogP contribution in [0.25, 0.3) is 22.4 Å². The maximum Gasteiger partial charge on any atom is 0.433 e. The summed E-state index contributed by atoms with van der Waals surface area (Å²) >= 11 is 0. The van der Waals surface area contributed by atoms with Crippen LogP contribution in [-0.2, 0) is 11.0 Å². The summed E-state index contributed by atoms with van der Waals surface area (Å²) in [5.74, 6) is -1.29. The van der Waals surface area contributed by atoms with Gasteiger partial charge in [0.1, 0.15) is 17.0 Å². The predicted molar refractivity (Wildman–Crippen MR) is 96.8 cm³/mol. The molecule has 0 saturated carbocycles. The number of ether oxygens (including phenoxy) is 1. The van der Waals surface area contributed by atoms with E-state index in [1.807, 2.05) is 0 Å². The van der Waals surface area contributed by atoms with Crippen molar-refractivity contribution in [1.82, 2.24) is 18.9 Å². The van der Waals surface area contributed by atoms with Crippen LogP contribution in [0.5, 0.6) is 5.75 Å². The first-order valence-corrected chi connectivity index (χ1v) is 8.21. The monoisotopic (exact) mass is 403 g/mol. The SMILES string of the molecule is CC(=O)Oc1c(N)c2ccc(C(F)(F)F)nc2n(-c2ccc3nccn3c2)c1=O. The number of halogens is 3. The summed E-state index contributed by atoms with van der Waals surface area (Å²) in [6.45, 7) is 1.08. The number of aromatic nitrogens is 4. The van der Waals surface area contributed by atoms with E-state index in [9.17, 15) is 22.8 Å². The maximum atomic E-state index is 13.2. The van der Waals surface area contributed by atoms with Crippen molar-refractivity contribution >= 4 is 28.3 Å². The van der Waals surface area contributed by atoms with E-state index in [4.69, 9.17) is 10.5 Å². The summed E-state index contributed by atoms with van der Waals surface area (Å²) in [6, 6.07) is 4.88. The van der Waals surface area contributed by atoms with Crippen LogP contribution < -0.4 is 16.0 Å². The molecular weight excluding hydrogens is 391 g/mol. The molecule has 0 amide bonds. The summed E-state index contributed by atoms with van der Waals surface area (Å²) in [7, 11) is 0. The zero-order chi connectivity index (χ0) is 20.9. The van der Waals surface area contributed by atoms with Gasteiger partial charge in [-0.3, -0.25) is 14.2 Å². The molecule has 29 heavy (non-hydrogen) atoms. The Morgan fingerprint density at radius 1 is 1.21 bits per heavy atom. The summed E-state index contributed by atoms with van der Waals surface area (Å²) in [6.07, 6.45) is -0.121. The number of pyridine rings is 3. The molecule has 0 atom stereocenters. The van der Waals surface area contributed by atoms with Crippen molar-refractivity contribution in [3.8, 4) is 11.4 Å². The van der Waals surface area contributed by atoms with Gasteiger partial charge in [-0.15, -0.1) is 0 Å². The van der Waals surface area contributed by atoms with E-state index < -0.39 is 29.1 Å².